The molecular weight excluding hydrogens is 276 g/mol. The maximum Gasteiger partial charge on any atom is 0.237 e. The van der Waals surface area contributed by atoms with Crippen LogP contribution in [0.1, 0.15) is 32.8 Å². The highest BCUT2D eigenvalue weighted by Gasteiger charge is 2.29. The highest BCUT2D eigenvalue weighted by atomic mass is 16.2. The van der Waals surface area contributed by atoms with E-state index in [0.717, 1.165) is 44.0 Å². The van der Waals surface area contributed by atoms with E-state index in [2.05, 4.69) is 53.0 Å². The van der Waals surface area contributed by atoms with Gasteiger partial charge in [0.05, 0.1) is 6.04 Å². The van der Waals surface area contributed by atoms with Crippen LogP contribution >= 0.6 is 0 Å². The summed E-state index contributed by atoms with van der Waals surface area (Å²) in [6.07, 6.45) is 2.83. The minimum absolute atomic E-state index is 0.0215. The molecule has 0 radical (unpaired) electrons. The third-order valence-electron chi connectivity index (χ3n) is 4.20. The first-order valence-electron chi connectivity index (χ1n) is 8.19. The Balaban J connectivity index is 2.05. The van der Waals surface area contributed by atoms with Crippen LogP contribution in [0.4, 0.5) is 5.82 Å². The first-order chi connectivity index (χ1) is 10.5. The average Bonchev–Trinajstić information content (AvgIpc) is 2.50. The summed E-state index contributed by atoms with van der Waals surface area (Å²) < 4.78 is 0. The quantitative estimate of drug-likeness (QED) is 0.872. The standard InChI is InChI=1S/C17H28N4O/c1-5-20(4)16-7-6-14(11-19-16)12-21-9-8-18-17(22)15(21)10-13(2)3/h6-7,11,13,15H,5,8-10,12H2,1-4H3,(H,18,22). The molecule has 0 spiro atoms. The molecule has 2 heterocycles. The van der Waals surface area contributed by atoms with Gasteiger partial charge in [-0.1, -0.05) is 19.9 Å². The second kappa shape index (κ2) is 7.58. The minimum Gasteiger partial charge on any atom is -0.360 e. The molecule has 1 N–H and O–H groups in total. The number of carbonyl (C=O) groups excluding carboxylic acids is 1. The fraction of sp³-hybridized carbons (Fsp3) is 0.647. The Morgan fingerprint density at radius 1 is 1.45 bits per heavy atom. The third-order valence-corrected chi connectivity index (χ3v) is 4.20. The molecular formula is C17H28N4O. The molecule has 1 unspecified atom stereocenters. The van der Waals surface area contributed by atoms with Crippen molar-refractivity contribution in [2.45, 2.75) is 39.8 Å². The summed E-state index contributed by atoms with van der Waals surface area (Å²) >= 11 is 0. The second-order valence-electron chi connectivity index (χ2n) is 6.45. The number of carbonyl (C=O) groups is 1. The predicted molar refractivity (Wildman–Crippen MR) is 89.8 cm³/mol. The predicted octanol–water partition coefficient (Wildman–Crippen LogP) is 1.88. The van der Waals surface area contributed by atoms with Crippen molar-refractivity contribution >= 4 is 11.7 Å². The van der Waals surface area contributed by atoms with Gasteiger partial charge in [0.2, 0.25) is 5.91 Å². The van der Waals surface area contributed by atoms with Gasteiger partial charge in [-0.3, -0.25) is 9.69 Å². The number of amides is 1. The zero-order chi connectivity index (χ0) is 16.1. The Hall–Kier alpha value is -1.62. The fourth-order valence-electron chi connectivity index (χ4n) is 2.79. The van der Waals surface area contributed by atoms with Crippen LogP contribution in [0, 0.1) is 5.92 Å². The van der Waals surface area contributed by atoms with Gasteiger partial charge in [-0.15, -0.1) is 0 Å². The molecule has 0 bridgehead atoms. The Kier molecular flexibility index (Phi) is 5.77. The van der Waals surface area contributed by atoms with E-state index in [-0.39, 0.29) is 11.9 Å². The monoisotopic (exact) mass is 304 g/mol. The highest BCUT2D eigenvalue weighted by molar-refractivity contribution is 5.82. The van der Waals surface area contributed by atoms with Crippen molar-refractivity contribution in [2.24, 2.45) is 5.92 Å². The normalized spacial score (nSPS) is 19.3. The van der Waals surface area contributed by atoms with Gasteiger partial charge >= 0.3 is 0 Å². The number of piperazine rings is 1. The summed E-state index contributed by atoms with van der Waals surface area (Å²) in [4.78, 5) is 21.0. The Morgan fingerprint density at radius 3 is 2.82 bits per heavy atom. The summed E-state index contributed by atoms with van der Waals surface area (Å²) in [6.45, 7) is 9.80. The molecule has 1 atom stereocenters. The van der Waals surface area contributed by atoms with Crippen LogP contribution < -0.4 is 10.2 Å². The summed E-state index contributed by atoms with van der Waals surface area (Å²) in [6, 6.07) is 4.15. The molecule has 1 amide bonds. The smallest absolute Gasteiger partial charge is 0.237 e. The van der Waals surface area contributed by atoms with E-state index in [1.54, 1.807) is 0 Å². The Labute approximate surface area is 133 Å². The molecule has 1 fully saturated rings. The van der Waals surface area contributed by atoms with Crippen LogP contribution in [0.15, 0.2) is 18.3 Å². The molecule has 0 saturated carbocycles. The molecule has 5 nitrogen and oxygen atoms in total. The van der Waals surface area contributed by atoms with Crippen molar-refractivity contribution in [3.05, 3.63) is 23.9 Å². The van der Waals surface area contributed by atoms with E-state index in [1.165, 1.54) is 0 Å². The van der Waals surface area contributed by atoms with Gasteiger partial charge in [0.15, 0.2) is 0 Å². The van der Waals surface area contributed by atoms with Gasteiger partial charge in [0, 0.05) is 39.4 Å². The molecule has 1 aromatic rings. The van der Waals surface area contributed by atoms with E-state index < -0.39 is 0 Å². The number of hydrogen-bond acceptors (Lipinski definition) is 4. The first kappa shape index (κ1) is 16.7. The average molecular weight is 304 g/mol. The molecule has 122 valence electrons. The molecule has 1 aromatic heterocycles. The molecule has 2 rings (SSSR count). The lowest BCUT2D eigenvalue weighted by atomic mass is 9.99. The molecule has 0 aromatic carbocycles. The van der Waals surface area contributed by atoms with Crippen LogP contribution in [0.5, 0.6) is 0 Å². The molecule has 22 heavy (non-hydrogen) atoms. The molecule has 1 saturated heterocycles. The van der Waals surface area contributed by atoms with E-state index in [4.69, 9.17) is 0 Å². The number of nitrogens with zero attached hydrogens (tertiary/aromatic N) is 3. The van der Waals surface area contributed by atoms with Crippen LogP contribution in [0.25, 0.3) is 0 Å². The van der Waals surface area contributed by atoms with Gasteiger partial charge < -0.3 is 10.2 Å². The lowest BCUT2D eigenvalue weighted by Gasteiger charge is -2.35. The zero-order valence-corrected chi connectivity index (χ0v) is 14.2. The zero-order valence-electron chi connectivity index (χ0n) is 14.2. The first-order valence-corrected chi connectivity index (χ1v) is 8.19. The molecule has 1 aliphatic heterocycles. The van der Waals surface area contributed by atoms with Crippen molar-refractivity contribution in [3.8, 4) is 0 Å². The summed E-state index contributed by atoms with van der Waals surface area (Å²) in [5.74, 6) is 1.66. The van der Waals surface area contributed by atoms with Gasteiger partial charge in [-0.25, -0.2) is 4.98 Å². The largest absolute Gasteiger partial charge is 0.360 e. The van der Waals surface area contributed by atoms with Gasteiger partial charge in [0.25, 0.3) is 0 Å². The van der Waals surface area contributed by atoms with Crippen LogP contribution in [0.2, 0.25) is 0 Å². The number of rotatable bonds is 6. The fourth-order valence-corrected chi connectivity index (χ4v) is 2.79. The van der Waals surface area contributed by atoms with Crippen LogP contribution in [-0.2, 0) is 11.3 Å². The highest BCUT2D eigenvalue weighted by Crippen LogP contribution is 2.18. The number of anilines is 1. The van der Waals surface area contributed by atoms with Crippen LogP contribution in [-0.4, -0.2) is 48.5 Å². The third kappa shape index (κ3) is 4.19. The minimum atomic E-state index is -0.0215. The number of pyridine rings is 1. The van der Waals surface area contributed by atoms with E-state index in [0.29, 0.717) is 5.92 Å². The second-order valence-corrected chi connectivity index (χ2v) is 6.45. The topological polar surface area (TPSA) is 48.5 Å². The number of nitrogens with one attached hydrogen (secondary N) is 1. The van der Waals surface area contributed by atoms with Crippen molar-refractivity contribution in [1.82, 2.24) is 15.2 Å². The van der Waals surface area contributed by atoms with Crippen molar-refractivity contribution in [3.63, 3.8) is 0 Å². The molecule has 1 aliphatic rings. The van der Waals surface area contributed by atoms with Crippen molar-refractivity contribution in [2.75, 3.05) is 31.6 Å². The van der Waals surface area contributed by atoms with Crippen molar-refractivity contribution in [1.29, 1.82) is 0 Å². The summed E-state index contributed by atoms with van der Waals surface area (Å²) in [5.41, 5.74) is 1.16. The van der Waals surface area contributed by atoms with Gasteiger partial charge in [0.1, 0.15) is 5.82 Å². The maximum absolute atomic E-state index is 12.1. The SMILES string of the molecule is CCN(C)c1ccc(CN2CCNC(=O)C2CC(C)C)cn1. The van der Waals surface area contributed by atoms with E-state index in [1.807, 2.05) is 13.2 Å². The van der Waals surface area contributed by atoms with E-state index >= 15 is 0 Å². The lowest BCUT2D eigenvalue weighted by Crippen LogP contribution is -2.55. The summed E-state index contributed by atoms with van der Waals surface area (Å²) in [5, 5.41) is 2.98. The number of aromatic nitrogens is 1. The Bertz CT molecular complexity index is 486. The lowest BCUT2D eigenvalue weighted by molar-refractivity contribution is -0.130. The van der Waals surface area contributed by atoms with Gasteiger partial charge in [-0.05, 0) is 30.9 Å². The van der Waals surface area contributed by atoms with Gasteiger partial charge in [-0.2, -0.15) is 0 Å². The Morgan fingerprint density at radius 2 is 2.23 bits per heavy atom. The number of hydrogen-bond donors (Lipinski definition) is 1. The van der Waals surface area contributed by atoms with Crippen molar-refractivity contribution < 1.29 is 4.79 Å². The van der Waals surface area contributed by atoms with E-state index in [9.17, 15) is 4.79 Å². The molecule has 5 heteroatoms. The maximum atomic E-state index is 12.1. The molecule has 0 aliphatic carbocycles. The van der Waals surface area contributed by atoms with Crippen LogP contribution in [0.3, 0.4) is 0 Å². The summed E-state index contributed by atoms with van der Waals surface area (Å²) in [7, 11) is 2.04.